The summed E-state index contributed by atoms with van der Waals surface area (Å²) in [6.07, 6.45) is 1.81. The molecular formula is C18H21FN4O2. The zero-order chi connectivity index (χ0) is 17.8. The number of rotatable bonds is 5. The van der Waals surface area contributed by atoms with Crippen molar-refractivity contribution in [2.45, 2.75) is 31.4 Å². The summed E-state index contributed by atoms with van der Waals surface area (Å²) in [5.74, 6) is 0.107. The second kappa shape index (κ2) is 7.57. The summed E-state index contributed by atoms with van der Waals surface area (Å²) >= 11 is 0. The molecular weight excluding hydrogens is 323 g/mol. The second-order valence-corrected chi connectivity index (χ2v) is 6.15. The van der Waals surface area contributed by atoms with E-state index in [1.807, 2.05) is 0 Å². The number of amides is 1. The van der Waals surface area contributed by atoms with E-state index in [1.54, 1.807) is 31.3 Å². The van der Waals surface area contributed by atoms with Crippen molar-refractivity contribution in [3.63, 3.8) is 0 Å². The third-order valence-corrected chi connectivity index (χ3v) is 4.53. The Labute approximate surface area is 145 Å². The molecule has 1 amide bonds. The molecule has 25 heavy (non-hydrogen) atoms. The molecule has 132 valence electrons. The number of halogens is 1. The number of benzene rings is 1. The monoisotopic (exact) mass is 344 g/mol. The first-order chi connectivity index (χ1) is 12.1. The zero-order valence-electron chi connectivity index (χ0n) is 14.0. The molecule has 0 saturated carbocycles. The van der Waals surface area contributed by atoms with Gasteiger partial charge in [-0.05, 0) is 49.1 Å². The Balaban J connectivity index is 1.69. The summed E-state index contributed by atoms with van der Waals surface area (Å²) in [5, 5.41) is 21.1. The van der Waals surface area contributed by atoms with Crippen molar-refractivity contribution >= 4 is 11.7 Å². The fourth-order valence-electron chi connectivity index (χ4n) is 3.19. The van der Waals surface area contributed by atoms with Crippen LogP contribution >= 0.6 is 0 Å². The predicted octanol–water partition coefficient (Wildman–Crippen LogP) is 2.07. The lowest BCUT2D eigenvalue weighted by molar-refractivity contribution is 0.0957. The first-order valence-electron chi connectivity index (χ1n) is 8.34. The van der Waals surface area contributed by atoms with Gasteiger partial charge < -0.3 is 15.3 Å². The Morgan fingerprint density at radius 3 is 2.72 bits per heavy atom. The van der Waals surface area contributed by atoms with Crippen LogP contribution in [-0.2, 0) is 0 Å². The van der Waals surface area contributed by atoms with Crippen LogP contribution in [0.1, 0.15) is 41.4 Å². The molecule has 0 spiro atoms. The van der Waals surface area contributed by atoms with Crippen LogP contribution in [0, 0.1) is 5.82 Å². The van der Waals surface area contributed by atoms with E-state index in [2.05, 4.69) is 20.4 Å². The molecule has 1 aromatic carbocycles. The molecule has 1 fully saturated rings. The van der Waals surface area contributed by atoms with Crippen molar-refractivity contribution in [3.8, 4) is 0 Å². The molecule has 2 atom stereocenters. The Kier molecular flexibility index (Phi) is 5.23. The minimum Gasteiger partial charge on any atom is -0.388 e. The van der Waals surface area contributed by atoms with Gasteiger partial charge in [-0.2, -0.15) is 0 Å². The van der Waals surface area contributed by atoms with Crippen LogP contribution in [-0.4, -0.2) is 40.8 Å². The molecule has 7 heteroatoms. The number of hydrogen-bond acceptors (Lipinski definition) is 5. The van der Waals surface area contributed by atoms with Crippen LogP contribution in [0.3, 0.4) is 0 Å². The molecule has 0 unspecified atom stereocenters. The average molecular weight is 344 g/mol. The molecule has 0 bridgehead atoms. The summed E-state index contributed by atoms with van der Waals surface area (Å²) in [4.78, 5) is 13.7. The number of carbonyl (C=O) groups is 1. The Hall–Kier alpha value is -2.54. The normalized spacial score (nSPS) is 18.2. The maximum absolute atomic E-state index is 13.0. The largest absolute Gasteiger partial charge is 0.388 e. The van der Waals surface area contributed by atoms with Gasteiger partial charge in [-0.1, -0.05) is 12.1 Å². The summed E-state index contributed by atoms with van der Waals surface area (Å²) in [6.45, 7) is 0.828. The minimum atomic E-state index is -0.663. The van der Waals surface area contributed by atoms with Gasteiger partial charge >= 0.3 is 0 Å². The van der Waals surface area contributed by atoms with Crippen molar-refractivity contribution in [1.82, 2.24) is 15.5 Å². The lowest BCUT2D eigenvalue weighted by Crippen LogP contribution is -2.32. The Morgan fingerprint density at radius 1 is 1.32 bits per heavy atom. The Morgan fingerprint density at radius 2 is 2.08 bits per heavy atom. The molecule has 6 nitrogen and oxygen atoms in total. The molecule has 1 aromatic heterocycles. The Bertz CT molecular complexity index is 721. The molecule has 2 aromatic rings. The summed E-state index contributed by atoms with van der Waals surface area (Å²) < 4.78 is 13.0. The highest BCUT2D eigenvalue weighted by Gasteiger charge is 2.28. The van der Waals surface area contributed by atoms with Crippen LogP contribution in [0.2, 0.25) is 0 Å². The third kappa shape index (κ3) is 3.93. The molecule has 2 heterocycles. The van der Waals surface area contributed by atoms with Gasteiger partial charge in [-0.25, -0.2) is 4.39 Å². The van der Waals surface area contributed by atoms with Gasteiger partial charge in [0.05, 0.1) is 6.10 Å². The van der Waals surface area contributed by atoms with E-state index in [-0.39, 0.29) is 23.5 Å². The van der Waals surface area contributed by atoms with Crippen LogP contribution < -0.4 is 10.2 Å². The van der Waals surface area contributed by atoms with Crippen LogP contribution in [0.4, 0.5) is 10.2 Å². The van der Waals surface area contributed by atoms with E-state index in [4.69, 9.17) is 0 Å². The quantitative estimate of drug-likeness (QED) is 0.868. The highest BCUT2D eigenvalue weighted by atomic mass is 19.1. The van der Waals surface area contributed by atoms with Gasteiger partial charge in [0.25, 0.3) is 5.91 Å². The van der Waals surface area contributed by atoms with E-state index in [1.165, 1.54) is 12.1 Å². The predicted molar refractivity (Wildman–Crippen MR) is 91.8 cm³/mol. The molecule has 0 aliphatic carbocycles. The fraction of sp³-hybridized carbons (Fsp3) is 0.389. The van der Waals surface area contributed by atoms with E-state index in [0.29, 0.717) is 17.8 Å². The number of nitrogens with one attached hydrogen (secondary N) is 1. The fourth-order valence-corrected chi connectivity index (χ4v) is 3.19. The maximum Gasteiger partial charge on any atom is 0.271 e. The molecule has 1 saturated heterocycles. The highest BCUT2D eigenvalue weighted by molar-refractivity contribution is 5.91. The SMILES string of the molecule is CNC(=O)c1ccc(N2CCC[C@H]2C[C@@H](O)c2ccc(F)cc2)nn1. The molecule has 3 rings (SSSR count). The van der Waals surface area contributed by atoms with E-state index < -0.39 is 6.10 Å². The first-order valence-corrected chi connectivity index (χ1v) is 8.34. The van der Waals surface area contributed by atoms with Crippen molar-refractivity contribution in [2.24, 2.45) is 0 Å². The van der Waals surface area contributed by atoms with Gasteiger partial charge in [0.2, 0.25) is 0 Å². The van der Waals surface area contributed by atoms with Crippen LogP contribution in [0.15, 0.2) is 36.4 Å². The maximum atomic E-state index is 13.0. The van der Waals surface area contributed by atoms with E-state index >= 15 is 0 Å². The van der Waals surface area contributed by atoms with Gasteiger partial charge in [-0.15, -0.1) is 10.2 Å². The topological polar surface area (TPSA) is 78.4 Å². The zero-order valence-corrected chi connectivity index (χ0v) is 14.0. The van der Waals surface area contributed by atoms with Crippen molar-refractivity contribution in [1.29, 1.82) is 0 Å². The highest BCUT2D eigenvalue weighted by Crippen LogP contribution is 2.30. The molecule has 0 radical (unpaired) electrons. The minimum absolute atomic E-state index is 0.125. The van der Waals surface area contributed by atoms with Crippen LogP contribution in [0.25, 0.3) is 0 Å². The van der Waals surface area contributed by atoms with Gasteiger partial charge in [0.1, 0.15) is 5.82 Å². The number of aromatic nitrogens is 2. The van der Waals surface area contributed by atoms with Crippen molar-refractivity contribution in [3.05, 3.63) is 53.5 Å². The number of nitrogens with zero attached hydrogens (tertiary/aromatic N) is 3. The summed E-state index contributed by atoms with van der Waals surface area (Å²) in [7, 11) is 1.55. The van der Waals surface area contributed by atoms with E-state index in [9.17, 15) is 14.3 Å². The number of aliphatic hydroxyl groups is 1. The lowest BCUT2D eigenvalue weighted by Gasteiger charge is -2.27. The van der Waals surface area contributed by atoms with Gasteiger partial charge in [-0.3, -0.25) is 4.79 Å². The summed E-state index contributed by atoms with van der Waals surface area (Å²) in [5.41, 5.74) is 0.975. The van der Waals surface area contributed by atoms with Crippen LogP contribution in [0.5, 0.6) is 0 Å². The standard InChI is InChI=1S/C18H21FN4O2/c1-20-18(25)15-8-9-17(22-21-15)23-10-2-3-14(23)11-16(24)12-4-6-13(19)7-5-12/h4-9,14,16,24H,2-3,10-11H2,1H3,(H,20,25)/t14-,16+/m0/s1. The molecule has 1 aliphatic rings. The van der Waals surface area contributed by atoms with E-state index in [0.717, 1.165) is 19.4 Å². The first kappa shape index (κ1) is 17.3. The third-order valence-electron chi connectivity index (χ3n) is 4.53. The number of carbonyl (C=O) groups excluding carboxylic acids is 1. The average Bonchev–Trinajstić information content (AvgIpc) is 3.09. The number of hydrogen-bond donors (Lipinski definition) is 2. The second-order valence-electron chi connectivity index (χ2n) is 6.15. The lowest BCUT2D eigenvalue weighted by atomic mass is 10.0. The smallest absolute Gasteiger partial charge is 0.271 e. The van der Waals surface area contributed by atoms with Gasteiger partial charge in [0.15, 0.2) is 11.5 Å². The van der Waals surface area contributed by atoms with Crippen molar-refractivity contribution in [2.75, 3.05) is 18.5 Å². The number of aliphatic hydroxyl groups excluding tert-OH is 1. The van der Waals surface area contributed by atoms with Gasteiger partial charge in [0, 0.05) is 19.6 Å². The molecule has 2 N–H and O–H groups in total. The number of anilines is 1. The molecule has 1 aliphatic heterocycles. The summed E-state index contributed by atoms with van der Waals surface area (Å²) in [6, 6.07) is 9.48. The van der Waals surface area contributed by atoms with Crippen molar-refractivity contribution < 1.29 is 14.3 Å².